The lowest BCUT2D eigenvalue weighted by atomic mass is 10.1. The third-order valence-corrected chi connectivity index (χ3v) is 4.20. The number of esters is 1. The van der Waals surface area contributed by atoms with Crippen LogP contribution in [-0.4, -0.2) is 53.7 Å². The fourth-order valence-electron chi connectivity index (χ4n) is 3.00. The van der Waals surface area contributed by atoms with Gasteiger partial charge in [0.1, 0.15) is 0 Å². The van der Waals surface area contributed by atoms with Crippen LogP contribution in [0.25, 0.3) is 0 Å². The predicted octanol–water partition coefficient (Wildman–Crippen LogP) is 0.834. The topological polar surface area (TPSA) is 95.9 Å². The first-order valence-electron chi connectivity index (χ1n) is 7.46. The van der Waals surface area contributed by atoms with E-state index in [1.165, 1.54) is 4.90 Å². The number of urea groups is 1. The Morgan fingerprint density at radius 2 is 2.00 bits per heavy atom. The first-order chi connectivity index (χ1) is 10.0. The standard InChI is InChI=1S/C14H22N2O5/c1-2-21-13(19)9-3-4-11(7-9)15-14(20)16-6-5-10(8-16)12(17)18/h9-11H,2-8H2,1H3,(H,15,20)(H,17,18)/t9-,10?,11+/m1/s1. The van der Waals surface area contributed by atoms with Crippen LogP contribution in [0.3, 0.4) is 0 Å². The lowest BCUT2D eigenvalue weighted by Gasteiger charge is -2.20. The summed E-state index contributed by atoms with van der Waals surface area (Å²) in [5.74, 6) is -1.65. The quantitative estimate of drug-likeness (QED) is 0.750. The molecule has 21 heavy (non-hydrogen) atoms. The summed E-state index contributed by atoms with van der Waals surface area (Å²) in [6.45, 7) is 2.88. The van der Waals surface area contributed by atoms with Crippen LogP contribution >= 0.6 is 0 Å². The van der Waals surface area contributed by atoms with Crippen molar-refractivity contribution in [2.45, 2.75) is 38.6 Å². The lowest BCUT2D eigenvalue weighted by molar-refractivity contribution is -0.147. The second-order valence-electron chi connectivity index (χ2n) is 5.68. The van der Waals surface area contributed by atoms with Gasteiger partial charge in [0, 0.05) is 19.1 Å². The van der Waals surface area contributed by atoms with Gasteiger partial charge in [-0.05, 0) is 32.6 Å². The molecule has 2 rings (SSSR count). The highest BCUT2D eigenvalue weighted by molar-refractivity contribution is 5.78. The summed E-state index contributed by atoms with van der Waals surface area (Å²) in [6, 6.07) is -0.260. The molecule has 1 saturated carbocycles. The Morgan fingerprint density at radius 1 is 1.24 bits per heavy atom. The van der Waals surface area contributed by atoms with Gasteiger partial charge in [-0.2, -0.15) is 0 Å². The highest BCUT2D eigenvalue weighted by Gasteiger charge is 2.35. The summed E-state index contributed by atoms with van der Waals surface area (Å²) in [5, 5.41) is 11.8. The Balaban J connectivity index is 1.77. The highest BCUT2D eigenvalue weighted by Crippen LogP contribution is 2.27. The molecule has 2 aliphatic rings. The molecule has 0 aromatic carbocycles. The van der Waals surface area contributed by atoms with Crippen LogP contribution in [0.1, 0.15) is 32.6 Å². The van der Waals surface area contributed by atoms with E-state index in [9.17, 15) is 14.4 Å². The van der Waals surface area contributed by atoms with E-state index in [1.807, 2.05) is 0 Å². The average molecular weight is 298 g/mol. The van der Waals surface area contributed by atoms with E-state index in [0.717, 1.165) is 12.8 Å². The molecule has 2 amide bonds. The van der Waals surface area contributed by atoms with E-state index in [4.69, 9.17) is 9.84 Å². The van der Waals surface area contributed by atoms with Gasteiger partial charge >= 0.3 is 18.0 Å². The first kappa shape index (κ1) is 15.6. The van der Waals surface area contributed by atoms with Crippen molar-refractivity contribution in [3.8, 4) is 0 Å². The van der Waals surface area contributed by atoms with Crippen molar-refractivity contribution in [2.24, 2.45) is 11.8 Å². The van der Waals surface area contributed by atoms with E-state index in [-0.39, 0.29) is 30.5 Å². The second kappa shape index (κ2) is 6.78. The summed E-state index contributed by atoms with van der Waals surface area (Å²) >= 11 is 0. The number of amides is 2. The fourth-order valence-corrected chi connectivity index (χ4v) is 3.00. The monoisotopic (exact) mass is 298 g/mol. The van der Waals surface area contributed by atoms with Gasteiger partial charge in [0.05, 0.1) is 18.4 Å². The molecule has 2 fully saturated rings. The minimum absolute atomic E-state index is 0.0317. The average Bonchev–Trinajstić information content (AvgIpc) is 3.07. The number of aliphatic carboxylic acids is 1. The molecule has 0 bridgehead atoms. The molecular weight excluding hydrogens is 276 g/mol. The van der Waals surface area contributed by atoms with Gasteiger partial charge in [0.2, 0.25) is 0 Å². The minimum atomic E-state index is -0.853. The number of likely N-dealkylation sites (tertiary alicyclic amines) is 1. The van der Waals surface area contributed by atoms with Crippen molar-refractivity contribution in [1.29, 1.82) is 0 Å². The van der Waals surface area contributed by atoms with Crippen LogP contribution in [0, 0.1) is 11.8 Å². The lowest BCUT2D eigenvalue weighted by Crippen LogP contribution is -2.43. The number of rotatable bonds is 4. The van der Waals surface area contributed by atoms with Crippen molar-refractivity contribution < 1.29 is 24.2 Å². The van der Waals surface area contributed by atoms with Gasteiger partial charge in [-0.3, -0.25) is 9.59 Å². The maximum Gasteiger partial charge on any atom is 0.317 e. The van der Waals surface area contributed by atoms with E-state index < -0.39 is 11.9 Å². The molecule has 1 aliphatic heterocycles. The zero-order valence-corrected chi connectivity index (χ0v) is 12.2. The zero-order chi connectivity index (χ0) is 15.4. The molecule has 7 nitrogen and oxygen atoms in total. The van der Waals surface area contributed by atoms with Crippen LogP contribution in [0.4, 0.5) is 4.79 Å². The summed E-state index contributed by atoms with van der Waals surface area (Å²) in [4.78, 5) is 36.1. The Hall–Kier alpha value is -1.79. The molecule has 118 valence electrons. The molecule has 3 atom stereocenters. The Bertz CT molecular complexity index is 426. The van der Waals surface area contributed by atoms with Crippen LogP contribution in [-0.2, 0) is 14.3 Å². The van der Waals surface area contributed by atoms with Crippen LogP contribution in [0.5, 0.6) is 0 Å². The molecule has 7 heteroatoms. The number of carbonyl (C=O) groups is 3. The van der Waals surface area contributed by atoms with Gasteiger partial charge < -0.3 is 20.1 Å². The molecular formula is C14H22N2O5. The SMILES string of the molecule is CCOC(=O)[C@@H]1CC[C@H](NC(=O)N2CCC(C(=O)O)C2)C1. The molecule has 0 radical (unpaired) electrons. The summed E-state index contributed by atoms with van der Waals surface area (Å²) in [7, 11) is 0. The highest BCUT2D eigenvalue weighted by atomic mass is 16.5. The summed E-state index contributed by atoms with van der Waals surface area (Å²) in [5.41, 5.74) is 0. The molecule has 1 aliphatic carbocycles. The van der Waals surface area contributed by atoms with Crippen molar-refractivity contribution >= 4 is 18.0 Å². The molecule has 2 N–H and O–H groups in total. The number of hydrogen-bond acceptors (Lipinski definition) is 4. The third kappa shape index (κ3) is 3.86. The van der Waals surface area contributed by atoms with Crippen molar-refractivity contribution in [2.75, 3.05) is 19.7 Å². The van der Waals surface area contributed by atoms with Crippen molar-refractivity contribution in [3.05, 3.63) is 0 Å². The second-order valence-corrected chi connectivity index (χ2v) is 5.68. The van der Waals surface area contributed by atoms with Crippen LogP contribution in [0.2, 0.25) is 0 Å². The smallest absolute Gasteiger partial charge is 0.317 e. The number of hydrogen-bond donors (Lipinski definition) is 2. The van der Waals surface area contributed by atoms with E-state index in [0.29, 0.717) is 26.0 Å². The molecule has 0 spiro atoms. The Kier molecular flexibility index (Phi) is 5.03. The van der Waals surface area contributed by atoms with E-state index in [2.05, 4.69) is 5.32 Å². The van der Waals surface area contributed by atoms with Crippen LogP contribution < -0.4 is 5.32 Å². The number of nitrogens with zero attached hydrogens (tertiary/aromatic N) is 1. The molecule has 1 unspecified atom stereocenters. The van der Waals surface area contributed by atoms with Crippen LogP contribution in [0.15, 0.2) is 0 Å². The number of ether oxygens (including phenoxy) is 1. The van der Waals surface area contributed by atoms with Gasteiger partial charge in [0.15, 0.2) is 0 Å². The van der Waals surface area contributed by atoms with E-state index >= 15 is 0 Å². The number of carbonyl (C=O) groups excluding carboxylic acids is 2. The maximum atomic E-state index is 12.1. The van der Waals surface area contributed by atoms with Gasteiger partial charge in [0.25, 0.3) is 0 Å². The van der Waals surface area contributed by atoms with Gasteiger partial charge in [-0.25, -0.2) is 4.79 Å². The minimum Gasteiger partial charge on any atom is -0.481 e. The molecule has 0 aromatic rings. The largest absolute Gasteiger partial charge is 0.481 e. The zero-order valence-electron chi connectivity index (χ0n) is 12.2. The van der Waals surface area contributed by atoms with Crippen molar-refractivity contribution in [3.63, 3.8) is 0 Å². The summed E-state index contributed by atoms with van der Waals surface area (Å²) < 4.78 is 4.99. The number of nitrogens with one attached hydrogen (secondary N) is 1. The normalized spacial score (nSPS) is 28.4. The molecule has 0 aromatic heterocycles. The predicted molar refractivity (Wildman–Crippen MR) is 73.6 cm³/mol. The summed E-state index contributed by atoms with van der Waals surface area (Å²) in [6.07, 6.45) is 2.58. The number of carboxylic acids is 1. The van der Waals surface area contributed by atoms with Crippen molar-refractivity contribution in [1.82, 2.24) is 10.2 Å². The van der Waals surface area contributed by atoms with Gasteiger partial charge in [-0.1, -0.05) is 0 Å². The first-order valence-corrected chi connectivity index (χ1v) is 7.46. The Labute approximate surface area is 123 Å². The van der Waals surface area contributed by atoms with Gasteiger partial charge in [-0.15, -0.1) is 0 Å². The maximum absolute atomic E-state index is 12.1. The molecule has 1 saturated heterocycles. The fraction of sp³-hybridized carbons (Fsp3) is 0.786. The number of carboxylic acid groups (broad SMARTS) is 1. The molecule has 1 heterocycles. The third-order valence-electron chi connectivity index (χ3n) is 4.20. The Morgan fingerprint density at radius 3 is 2.62 bits per heavy atom. The van der Waals surface area contributed by atoms with E-state index in [1.54, 1.807) is 6.92 Å².